The van der Waals surface area contributed by atoms with Crippen molar-refractivity contribution in [1.82, 2.24) is 5.32 Å². The van der Waals surface area contributed by atoms with Crippen LogP contribution in [0.15, 0.2) is 48.5 Å². The third-order valence-electron chi connectivity index (χ3n) is 3.50. The lowest BCUT2D eigenvalue weighted by Gasteiger charge is -2.08. The molecule has 0 aliphatic heterocycles. The van der Waals surface area contributed by atoms with E-state index in [4.69, 9.17) is 9.47 Å². The number of imide groups is 1. The molecule has 0 aromatic heterocycles. The van der Waals surface area contributed by atoms with Gasteiger partial charge in [0.2, 0.25) is 0 Å². The van der Waals surface area contributed by atoms with E-state index in [1.165, 1.54) is 25.3 Å². The van der Waals surface area contributed by atoms with E-state index < -0.39 is 24.4 Å². The van der Waals surface area contributed by atoms with Crippen LogP contribution in [0.3, 0.4) is 0 Å². The zero-order valence-electron chi connectivity index (χ0n) is 14.2. The molecule has 2 aromatic carbocycles. The zero-order chi connectivity index (χ0) is 18.9. The van der Waals surface area contributed by atoms with Crippen molar-refractivity contribution in [3.8, 4) is 5.75 Å². The minimum absolute atomic E-state index is 0.0410. The Labute approximate surface area is 149 Å². The van der Waals surface area contributed by atoms with E-state index in [2.05, 4.69) is 5.32 Å². The van der Waals surface area contributed by atoms with Crippen LogP contribution >= 0.6 is 0 Å². The smallest absolute Gasteiger partial charge is 0.306 e. The quantitative estimate of drug-likeness (QED) is 0.767. The first-order chi connectivity index (χ1) is 12.5. The number of halogens is 1. The monoisotopic (exact) mass is 359 g/mol. The maximum absolute atomic E-state index is 12.8. The summed E-state index contributed by atoms with van der Waals surface area (Å²) in [5, 5.41) is 2.13. The van der Waals surface area contributed by atoms with Gasteiger partial charge in [0, 0.05) is 6.42 Å². The Bertz CT molecular complexity index is 789. The molecule has 0 saturated heterocycles. The van der Waals surface area contributed by atoms with E-state index in [1.54, 1.807) is 30.3 Å². The molecule has 136 valence electrons. The molecule has 2 amide bonds. The molecular weight excluding hydrogens is 341 g/mol. The molecular formula is C19H18FNO5. The lowest BCUT2D eigenvalue weighted by atomic mass is 10.1. The second kappa shape index (κ2) is 9.31. The number of benzene rings is 2. The highest BCUT2D eigenvalue weighted by Crippen LogP contribution is 2.16. The highest BCUT2D eigenvalue weighted by atomic mass is 19.1. The molecule has 0 aliphatic carbocycles. The van der Waals surface area contributed by atoms with Gasteiger partial charge < -0.3 is 9.47 Å². The van der Waals surface area contributed by atoms with Gasteiger partial charge in [-0.1, -0.05) is 24.3 Å². The van der Waals surface area contributed by atoms with Crippen molar-refractivity contribution in [2.75, 3.05) is 13.7 Å². The highest BCUT2D eigenvalue weighted by molar-refractivity contribution is 6.06. The molecule has 0 unspecified atom stereocenters. The Balaban J connectivity index is 1.76. The molecule has 1 N–H and O–H groups in total. The van der Waals surface area contributed by atoms with Gasteiger partial charge in [-0.25, -0.2) is 4.39 Å². The molecule has 2 aromatic rings. The Hall–Kier alpha value is -3.22. The van der Waals surface area contributed by atoms with Crippen LogP contribution in [-0.2, 0) is 20.7 Å². The predicted octanol–water partition coefficient (Wildman–Crippen LogP) is 2.27. The molecule has 0 spiro atoms. The Morgan fingerprint density at radius 2 is 1.73 bits per heavy atom. The molecule has 6 nitrogen and oxygen atoms in total. The van der Waals surface area contributed by atoms with E-state index in [1.807, 2.05) is 0 Å². The first-order valence-electron chi connectivity index (χ1n) is 7.87. The van der Waals surface area contributed by atoms with Gasteiger partial charge in [-0.15, -0.1) is 0 Å². The lowest BCUT2D eigenvalue weighted by molar-refractivity contribution is -0.148. The molecule has 0 bridgehead atoms. The van der Waals surface area contributed by atoms with Crippen molar-refractivity contribution in [3.05, 3.63) is 65.5 Å². The van der Waals surface area contributed by atoms with E-state index in [0.717, 1.165) is 5.56 Å². The van der Waals surface area contributed by atoms with Gasteiger partial charge in [-0.05, 0) is 36.2 Å². The van der Waals surface area contributed by atoms with Gasteiger partial charge in [0.1, 0.15) is 11.6 Å². The maximum Gasteiger partial charge on any atom is 0.306 e. The molecule has 0 aliphatic rings. The number of methoxy groups -OCH3 is 1. The van der Waals surface area contributed by atoms with Crippen molar-refractivity contribution >= 4 is 17.8 Å². The normalized spacial score (nSPS) is 10.1. The van der Waals surface area contributed by atoms with E-state index in [9.17, 15) is 18.8 Å². The van der Waals surface area contributed by atoms with Crippen LogP contribution < -0.4 is 10.1 Å². The SMILES string of the molecule is COc1ccccc1C(=O)NC(=O)COC(=O)CCc1ccc(F)cc1. The first kappa shape index (κ1) is 19.1. The lowest BCUT2D eigenvalue weighted by Crippen LogP contribution is -2.34. The molecule has 0 saturated carbocycles. The fourth-order valence-electron chi connectivity index (χ4n) is 2.18. The molecule has 26 heavy (non-hydrogen) atoms. The van der Waals surface area contributed by atoms with Crippen LogP contribution in [0.4, 0.5) is 4.39 Å². The molecule has 0 heterocycles. The van der Waals surface area contributed by atoms with Crippen LogP contribution in [0.25, 0.3) is 0 Å². The van der Waals surface area contributed by atoms with Crippen LogP contribution in [0.1, 0.15) is 22.3 Å². The number of rotatable bonds is 7. The third-order valence-corrected chi connectivity index (χ3v) is 3.50. The van der Waals surface area contributed by atoms with Crippen LogP contribution in [-0.4, -0.2) is 31.5 Å². The van der Waals surface area contributed by atoms with Gasteiger partial charge in [0.25, 0.3) is 11.8 Å². The summed E-state index contributed by atoms with van der Waals surface area (Å²) in [5.41, 5.74) is 0.977. The summed E-state index contributed by atoms with van der Waals surface area (Å²) < 4.78 is 22.7. The van der Waals surface area contributed by atoms with Crippen LogP contribution in [0, 0.1) is 5.82 Å². The fraction of sp³-hybridized carbons (Fsp3) is 0.211. The summed E-state index contributed by atoms with van der Waals surface area (Å²) in [6.07, 6.45) is 0.403. The topological polar surface area (TPSA) is 81.7 Å². The standard InChI is InChI=1S/C19H18FNO5/c1-25-16-5-3-2-4-15(16)19(24)21-17(22)12-26-18(23)11-8-13-6-9-14(20)10-7-13/h2-7,9-10H,8,11-12H2,1H3,(H,21,22,24). The van der Waals surface area contributed by atoms with Gasteiger partial charge in [-0.2, -0.15) is 0 Å². The number of hydrogen-bond acceptors (Lipinski definition) is 5. The Morgan fingerprint density at radius 3 is 2.42 bits per heavy atom. The summed E-state index contributed by atoms with van der Waals surface area (Å²) >= 11 is 0. The summed E-state index contributed by atoms with van der Waals surface area (Å²) in [6, 6.07) is 12.2. The van der Waals surface area contributed by atoms with Crippen molar-refractivity contribution in [3.63, 3.8) is 0 Å². The number of amides is 2. The van der Waals surface area contributed by atoms with Gasteiger partial charge in [0.05, 0.1) is 12.7 Å². The number of carbonyl (C=O) groups is 3. The van der Waals surface area contributed by atoms with E-state index in [0.29, 0.717) is 12.2 Å². The summed E-state index contributed by atoms with van der Waals surface area (Å²) in [4.78, 5) is 35.4. The average Bonchev–Trinajstić information content (AvgIpc) is 2.65. The molecule has 0 atom stereocenters. The Kier molecular flexibility index (Phi) is 6.84. The first-order valence-corrected chi connectivity index (χ1v) is 7.87. The number of nitrogens with one attached hydrogen (secondary N) is 1. The van der Waals surface area contributed by atoms with E-state index in [-0.39, 0.29) is 17.8 Å². The molecule has 0 fully saturated rings. The van der Waals surface area contributed by atoms with Gasteiger partial charge in [-0.3, -0.25) is 19.7 Å². The summed E-state index contributed by atoms with van der Waals surface area (Å²) in [6.45, 7) is -0.566. The Morgan fingerprint density at radius 1 is 1.04 bits per heavy atom. The van der Waals surface area contributed by atoms with Crippen molar-refractivity contribution < 1.29 is 28.2 Å². The second-order valence-electron chi connectivity index (χ2n) is 5.36. The largest absolute Gasteiger partial charge is 0.496 e. The minimum Gasteiger partial charge on any atom is -0.496 e. The number of hydrogen-bond donors (Lipinski definition) is 1. The van der Waals surface area contributed by atoms with Crippen LogP contribution in [0.5, 0.6) is 5.75 Å². The zero-order valence-corrected chi connectivity index (χ0v) is 14.2. The van der Waals surface area contributed by atoms with Crippen molar-refractivity contribution in [2.45, 2.75) is 12.8 Å². The van der Waals surface area contributed by atoms with Gasteiger partial charge in [0.15, 0.2) is 6.61 Å². The van der Waals surface area contributed by atoms with E-state index >= 15 is 0 Å². The number of carbonyl (C=O) groups excluding carboxylic acids is 3. The number of aryl methyl sites for hydroxylation is 1. The van der Waals surface area contributed by atoms with Crippen LogP contribution in [0.2, 0.25) is 0 Å². The van der Waals surface area contributed by atoms with Crippen molar-refractivity contribution in [1.29, 1.82) is 0 Å². The van der Waals surface area contributed by atoms with Gasteiger partial charge >= 0.3 is 5.97 Å². The molecule has 7 heteroatoms. The number of esters is 1. The second-order valence-corrected chi connectivity index (χ2v) is 5.36. The fourth-order valence-corrected chi connectivity index (χ4v) is 2.18. The number of ether oxygens (including phenoxy) is 2. The molecule has 2 rings (SSSR count). The average molecular weight is 359 g/mol. The predicted molar refractivity (Wildman–Crippen MR) is 91.1 cm³/mol. The highest BCUT2D eigenvalue weighted by Gasteiger charge is 2.15. The maximum atomic E-state index is 12.8. The third kappa shape index (κ3) is 5.70. The summed E-state index contributed by atoms with van der Waals surface area (Å²) in [5.74, 6) is -2.00. The number of para-hydroxylation sites is 1. The minimum atomic E-state index is -0.740. The molecule has 0 radical (unpaired) electrons. The summed E-state index contributed by atoms with van der Waals surface area (Å²) in [7, 11) is 1.41. The van der Waals surface area contributed by atoms with Crippen molar-refractivity contribution in [2.24, 2.45) is 0 Å².